The number of nitrogens with zero attached hydrogens (tertiary/aromatic N) is 12. The zero-order valence-electron chi connectivity index (χ0n) is 45.9. The molecule has 6 fully saturated rings. The molecule has 394 valence electrons. The summed E-state index contributed by atoms with van der Waals surface area (Å²) in [5, 5.41) is 0. The first-order chi connectivity index (χ1) is 37.7. The highest BCUT2D eigenvalue weighted by molar-refractivity contribution is 6.68. The van der Waals surface area contributed by atoms with Gasteiger partial charge in [0.15, 0.2) is 0 Å². The van der Waals surface area contributed by atoms with Gasteiger partial charge in [-0.3, -0.25) is 0 Å². The van der Waals surface area contributed by atoms with Gasteiger partial charge in [0, 0.05) is 25.5 Å². The van der Waals surface area contributed by atoms with Crippen LogP contribution in [0.25, 0.3) is 22.7 Å². The fourth-order valence-corrected chi connectivity index (χ4v) is 18.7. The van der Waals surface area contributed by atoms with Crippen LogP contribution in [-0.2, 0) is 0 Å². The lowest BCUT2D eigenvalue weighted by Crippen LogP contribution is -2.86. The maximum Gasteiger partial charge on any atom is 0.471 e. The predicted octanol–water partition coefficient (Wildman–Crippen LogP) is 10.7. The summed E-state index contributed by atoms with van der Waals surface area (Å²) in [5.74, 6) is 3.57. The quantitative estimate of drug-likeness (QED) is 0.142. The smallest absolute Gasteiger partial charge is 0.393 e. The van der Waals surface area contributed by atoms with Crippen molar-refractivity contribution >= 4 is 44.1 Å². The molecule has 0 atom stereocenters. The molecular formula is C62H80B3N12+3. The molecule has 0 amide bonds. The third-order valence-electron chi connectivity index (χ3n) is 22.2. The molecule has 4 aromatic heterocycles. The van der Waals surface area contributed by atoms with Crippen LogP contribution in [0.4, 0.5) is 11.4 Å². The summed E-state index contributed by atoms with van der Waals surface area (Å²) in [4.78, 5) is 4.53. The highest BCUT2D eigenvalue weighted by atomic mass is 15.2. The van der Waals surface area contributed by atoms with Gasteiger partial charge in [0.25, 0.3) is 0 Å². The molecular weight excluding hydrogens is 945 g/mol. The van der Waals surface area contributed by atoms with Crippen LogP contribution in [-0.4, -0.2) is 74.0 Å². The standard InChI is InChI=1S/C62H80B3N12/c1-66-35-37-68(3)63(51-11-5-12-52(63)14-6-13-51)74-43-39-70(47-74)61-31-33-62(34-32-61)71-40-44-75(48-71)64(53-15-7-16-54(64)18-8-17-53)69(4)38-36-67(2)58-25-29-60(30-26-58)73-42-46-77(50-73)65(55-19-9-20-56(65)22-10-21-55)76-45-41-72(49-76)59-27-23-57(66)24-28-59/h23-56H,3-22H2,1-2H3/q+3/b37-35-,38-36-. The van der Waals surface area contributed by atoms with E-state index in [1.165, 1.54) is 138 Å². The molecule has 7 aromatic rings. The Labute approximate surface area is 456 Å². The third-order valence-corrected chi connectivity index (χ3v) is 22.2. The average Bonchev–Trinajstić information content (AvgIpc) is 4.34. The van der Waals surface area contributed by atoms with E-state index in [2.05, 4.69) is 242 Å². The van der Waals surface area contributed by atoms with E-state index in [0.717, 1.165) is 11.4 Å². The fourth-order valence-electron chi connectivity index (χ4n) is 18.7. The SMILES string of the molecule is C=[N+]1/C=C\N(C)c2ccc(cc2)-n2cc[n+](c2)[B-]2(C3CCCC2CCC3)[n+]2ccn(c2)-c2ccc(cc2)N(C)/C=C\[N+](=C)[B-]2(C3CCCC2CCC3)[n+]2ccn(c2)-c2ccc(cc2)-n2cc[n+](c2)[B-]12C1CCCC2CCC1. The average molecular weight is 1030 g/mol. The molecule has 77 heavy (non-hydrogen) atoms. The summed E-state index contributed by atoms with van der Waals surface area (Å²) in [6, 6.07) is 27.4. The lowest BCUT2D eigenvalue weighted by Gasteiger charge is -2.52. The molecule has 17 rings (SSSR count). The number of rotatable bonds is 0. The zero-order valence-corrected chi connectivity index (χ0v) is 45.9. The number of aromatic nitrogens is 8. The minimum Gasteiger partial charge on any atom is -0.393 e. The molecule has 0 aliphatic carbocycles. The van der Waals surface area contributed by atoms with E-state index in [4.69, 9.17) is 13.4 Å². The van der Waals surface area contributed by atoms with Crippen LogP contribution in [0.3, 0.4) is 0 Å². The molecule has 3 aromatic carbocycles. The molecule has 6 saturated heterocycles. The molecule has 10 aliphatic rings. The van der Waals surface area contributed by atoms with Gasteiger partial charge in [0.1, 0.15) is 59.9 Å². The van der Waals surface area contributed by atoms with Gasteiger partial charge in [-0.05, 0) is 72.8 Å². The molecule has 0 radical (unpaired) electrons. The highest BCUT2D eigenvalue weighted by Crippen LogP contribution is 2.54. The summed E-state index contributed by atoms with van der Waals surface area (Å²) in [6.07, 6.45) is 56.7. The van der Waals surface area contributed by atoms with Crippen LogP contribution >= 0.6 is 0 Å². The van der Waals surface area contributed by atoms with Crippen LogP contribution in [0.1, 0.15) is 116 Å². The summed E-state index contributed by atoms with van der Waals surface area (Å²) in [5.41, 5.74) is 7.01. The second-order valence-corrected chi connectivity index (χ2v) is 25.3. The second kappa shape index (κ2) is 19.2. The van der Waals surface area contributed by atoms with Crippen molar-refractivity contribution in [1.82, 2.24) is 18.3 Å². The van der Waals surface area contributed by atoms with E-state index in [0.29, 0.717) is 34.9 Å². The van der Waals surface area contributed by atoms with E-state index in [-0.39, 0.29) is 0 Å². The lowest BCUT2D eigenvalue weighted by atomic mass is 9.23. The van der Waals surface area contributed by atoms with Crippen molar-refractivity contribution < 1.29 is 26.9 Å². The summed E-state index contributed by atoms with van der Waals surface area (Å²) in [6.45, 7) is 9.85. The fraction of sp³-hybridized carbons (Fsp3) is 0.419. The molecule has 20 bridgehead atoms. The van der Waals surface area contributed by atoms with Gasteiger partial charge in [-0.15, -0.1) is 0 Å². The number of hydrogen-bond donors (Lipinski definition) is 0. The zero-order chi connectivity index (χ0) is 51.9. The Hall–Kier alpha value is -6.89. The maximum atomic E-state index is 4.93. The van der Waals surface area contributed by atoms with Crippen molar-refractivity contribution in [2.24, 2.45) is 0 Å². The van der Waals surface area contributed by atoms with Crippen LogP contribution < -0.4 is 27.7 Å². The molecule has 3 spiro atoms. The first-order valence-electron chi connectivity index (χ1n) is 29.9. The van der Waals surface area contributed by atoms with E-state index >= 15 is 0 Å². The molecule has 0 N–H and O–H groups in total. The van der Waals surface area contributed by atoms with Crippen LogP contribution in [0.15, 0.2) is 172 Å². The molecule has 10 aliphatic heterocycles. The maximum absolute atomic E-state index is 4.93. The minimum absolute atomic E-state index is 0.580. The Bertz CT molecular complexity index is 3110. The Balaban J connectivity index is 0.853. The molecule has 12 nitrogen and oxygen atoms in total. The Morgan fingerprint density at radius 1 is 0.338 bits per heavy atom. The van der Waals surface area contributed by atoms with E-state index in [1.54, 1.807) is 0 Å². The normalized spacial score (nSPS) is 30.9. The van der Waals surface area contributed by atoms with Gasteiger partial charge >= 0.3 is 19.2 Å². The molecule has 14 heterocycles. The summed E-state index contributed by atoms with van der Waals surface area (Å²) in [7, 11) is 4.36. The highest BCUT2D eigenvalue weighted by Gasteiger charge is 2.62. The number of fused-ring (bicyclic) bond motifs is 3. The monoisotopic (exact) mass is 1030 g/mol. The van der Waals surface area contributed by atoms with Crippen molar-refractivity contribution in [2.45, 2.75) is 150 Å². The van der Waals surface area contributed by atoms with E-state index in [9.17, 15) is 0 Å². The third kappa shape index (κ3) is 7.70. The van der Waals surface area contributed by atoms with Crippen molar-refractivity contribution in [3.8, 4) is 22.7 Å². The number of imidazole rings is 4. The predicted molar refractivity (Wildman–Crippen MR) is 312 cm³/mol. The Kier molecular flexibility index (Phi) is 12.1. The minimum atomic E-state index is -1.19. The molecule has 0 unspecified atom stereocenters. The first-order valence-corrected chi connectivity index (χ1v) is 29.9. The molecule has 15 heteroatoms. The van der Waals surface area contributed by atoms with Crippen molar-refractivity contribution in [1.29, 1.82) is 0 Å². The Morgan fingerprint density at radius 3 is 0.818 bits per heavy atom. The van der Waals surface area contributed by atoms with Crippen molar-refractivity contribution in [3.63, 3.8) is 0 Å². The number of hydrogen-bond acceptors (Lipinski definition) is 2. The van der Waals surface area contributed by atoms with Gasteiger partial charge in [0.05, 0.1) is 50.6 Å². The Morgan fingerprint density at radius 2 is 0.558 bits per heavy atom. The van der Waals surface area contributed by atoms with Crippen LogP contribution in [0.5, 0.6) is 0 Å². The van der Waals surface area contributed by atoms with Crippen molar-refractivity contribution in [3.05, 3.63) is 172 Å². The van der Waals surface area contributed by atoms with Gasteiger partial charge in [-0.2, -0.15) is 0 Å². The lowest BCUT2D eigenvalue weighted by molar-refractivity contribution is -0.695. The van der Waals surface area contributed by atoms with Gasteiger partial charge in [-0.25, -0.2) is 18.3 Å². The van der Waals surface area contributed by atoms with Gasteiger partial charge in [0.2, 0.25) is 25.3 Å². The van der Waals surface area contributed by atoms with Crippen LogP contribution in [0, 0.1) is 0 Å². The van der Waals surface area contributed by atoms with Gasteiger partial charge in [-0.1, -0.05) is 150 Å². The number of benzene rings is 3. The molecule has 0 saturated carbocycles. The topological polar surface area (TPSA) is 47.7 Å². The van der Waals surface area contributed by atoms with Crippen molar-refractivity contribution in [2.75, 3.05) is 23.9 Å². The van der Waals surface area contributed by atoms with E-state index in [1.807, 2.05) is 0 Å². The largest absolute Gasteiger partial charge is 0.471 e. The number of anilines is 2. The van der Waals surface area contributed by atoms with E-state index < -0.39 is 19.2 Å². The summed E-state index contributed by atoms with van der Waals surface area (Å²) < 4.78 is 24.6. The van der Waals surface area contributed by atoms with Gasteiger partial charge < -0.3 is 36.7 Å². The van der Waals surface area contributed by atoms with Crippen LogP contribution in [0.2, 0.25) is 34.9 Å². The second-order valence-electron chi connectivity index (χ2n) is 25.3. The first kappa shape index (κ1) is 48.5. The summed E-state index contributed by atoms with van der Waals surface area (Å²) >= 11 is 0.